The molecular formula is C21H25N3O4S2. The fraction of sp³-hybridized carbons (Fsp3) is 0.333. The van der Waals surface area contributed by atoms with Crippen molar-refractivity contribution in [3.05, 3.63) is 54.6 Å². The molecule has 0 heterocycles. The van der Waals surface area contributed by atoms with Crippen molar-refractivity contribution in [1.29, 1.82) is 0 Å². The highest BCUT2D eigenvalue weighted by molar-refractivity contribution is 7.89. The maximum Gasteiger partial charge on any atom is 0.264 e. The fourth-order valence-corrected chi connectivity index (χ4v) is 4.75. The fourth-order valence-electron chi connectivity index (χ4n) is 3.22. The van der Waals surface area contributed by atoms with Crippen molar-refractivity contribution < 1.29 is 17.9 Å². The van der Waals surface area contributed by atoms with Crippen LogP contribution in [-0.2, 0) is 14.8 Å². The number of thiocarbonyl (C=S) groups is 1. The second-order valence-corrected chi connectivity index (χ2v) is 9.21. The lowest BCUT2D eigenvalue weighted by molar-refractivity contribution is -0.121. The number of benzene rings is 2. The van der Waals surface area contributed by atoms with Crippen LogP contribution in [0.4, 0.5) is 5.69 Å². The van der Waals surface area contributed by atoms with Crippen molar-refractivity contribution in [3.63, 3.8) is 0 Å². The predicted molar refractivity (Wildman–Crippen MR) is 120 cm³/mol. The van der Waals surface area contributed by atoms with Gasteiger partial charge in [0.15, 0.2) is 11.7 Å². The number of amides is 1. The molecule has 0 radical (unpaired) electrons. The molecule has 3 N–H and O–H groups in total. The Labute approximate surface area is 182 Å². The van der Waals surface area contributed by atoms with Crippen molar-refractivity contribution >= 4 is 38.9 Å². The summed E-state index contributed by atoms with van der Waals surface area (Å²) in [7, 11) is -3.55. The third kappa shape index (κ3) is 6.79. The number of nitrogens with one attached hydrogen (secondary N) is 3. The first-order chi connectivity index (χ1) is 14.4. The van der Waals surface area contributed by atoms with Gasteiger partial charge in [0.05, 0.1) is 4.90 Å². The predicted octanol–water partition coefficient (Wildman–Crippen LogP) is 3.19. The van der Waals surface area contributed by atoms with E-state index in [9.17, 15) is 13.2 Å². The molecule has 0 bridgehead atoms. The highest BCUT2D eigenvalue weighted by atomic mass is 32.2. The van der Waals surface area contributed by atoms with E-state index in [-0.39, 0.29) is 22.7 Å². The third-order valence-corrected chi connectivity index (χ3v) is 6.46. The number of hydrogen-bond acceptors (Lipinski definition) is 5. The first kappa shape index (κ1) is 22.2. The third-order valence-electron chi connectivity index (χ3n) is 4.72. The first-order valence-corrected chi connectivity index (χ1v) is 11.7. The summed E-state index contributed by atoms with van der Waals surface area (Å²) in [6.07, 6.45) is 5.01. The second kappa shape index (κ2) is 10.5. The van der Waals surface area contributed by atoms with Crippen LogP contribution >= 0.6 is 12.2 Å². The summed E-state index contributed by atoms with van der Waals surface area (Å²) in [6.45, 7) is -0.171. The minimum atomic E-state index is -3.55. The SMILES string of the molecule is O=C(COc1ccccc1)NC(=S)Nc1ccc(S(=O)(=O)NC2CCCCC2)cc1. The average molecular weight is 448 g/mol. The molecule has 0 atom stereocenters. The lowest BCUT2D eigenvalue weighted by Gasteiger charge is -2.22. The van der Waals surface area contributed by atoms with Crippen LogP contribution < -0.4 is 20.1 Å². The molecule has 2 aromatic carbocycles. The Morgan fingerprint density at radius 1 is 1.00 bits per heavy atom. The van der Waals surface area contributed by atoms with E-state index in [1.165, 1.54) is 12.1 Å². The molecule has 2 aromatic rings. The van der Waals surface area contributed by atoms with E-state index in [4.69, 9.17) is 17.0 Å². The molecule has 1 fully saturated rings. The van der Waals surface area contributed by atoms with Crippen LogP contribution in [0.15, 0.2) is 59.5 Å². The van der Waals surface area contributed by atoms with Gasteiger partial charge >= 0.3 is 0 Å². The number of sulfonamides is 1. The summed E-state index contributed by atoms with van der Waals surface area (Å²) in [4.78, 5) is 12.1. The second-order valence-electron chi connectivity index (χ2n) is 7.08. The molecule has 0 aromatic heterocycles. The zero-order valence-corrected chi connectivity index (χ0v) is 18.1. The van der Waals surface area contributed by atoms with E-state index in [1.54, 1.807) is 24.3 Å². The van der Waals surface area contributed by atoms with E-state index in [1.807, 2.05) is 18.2 Å². The van der Waals surface area contributed by atoms with E-state index in [2.05, 4.69) is 15.4 Å². The van der Waals surface area contributed by atoms with Gasteiger partial charge in [0.1, 0.15) is 5.75 Å². The van der Waals surface area contributed by atoms with Crippen molar-refractivity contribution in [2.75, 3.05) is 11.9 Å². The van der Waals surface area contributed by atoms with Gasteiger partial charge in [-0.15, -0.1) is 0 Å². The zero-order chi connectivity index (χ0) is 21.4. The van der Waals surface area contributed by atoms with Crippen LogP contribution in [-0.4, -0.2) is 32.1 Å². The molecule has 7 nitrogen and oxygen atoms in total. The summed E-state index contributed by atoms with van der Waals surface area (Å²) in [5.41, 5.74) is 0.570. The molecule has 1 saturated carbocycles. The van der Waals surface area contributed by atoms with Gasteiger partial charge < -0.3 is 10.1 Å². The Bertz CT molecular complexity index is 958. The Hall–Kier alpha value is -2.49. The van der Waals surface area contributed by atoms with Gasteiger partial charge in [-0.25, -0.2) is 13.1 Å². The lowest BCUT2D eigenvalue weighted by Crippen LogP contribution is -2.37. The van der Waals surface area contributed by atoms with Crippen molar-refractivity contribution in [3.8, 4) is 5.75 Å². The topological polar surface area (TPSA) is 96.5 Å². The van der Waals surface area contributed by atoms with Gasteiger partial charge in [-0.05, 0) is 61.5 Å². The molecule has 0 spiro atoms. The highest BCUT2D eigenvalue weighted by Gasteiger charge is 2.21. The maximum atomic E-state index is 12.5. The van der Waals surface area contributed by atoms with Gasteiger partial charge in [-0.2, -0.15) is 0 Å². The minimum absolute atomic E-state index is 0.00227. The number of rotatable bonds is 7. The van der Waals surface area contributed by atoms with Gasteiger partial charge in [0, 0.05) is 11.7 Å². The molecule has 1 aliphatic carbocycles. The molecule has 1 aliphatic rings. The van der Waals surface area contributed by atoms with Crippen molar-refractivity contribution in [1.82, 2.24) is 10.0 Å². The lowest BCUT2D eigenvalue weighted by atomic mass is 9.96. The average Bonchev–Trinajstić information content (AvgIpc) is 2.74. The molecule has 0 aliphatic heterocycles. The van der Waals surface area contributed by atoms with Crippen LogP contribution in [0, 0.1) is 0 Å². The Morgan fingerprint density at radius 2 is 1.67 bits per heavy atom. The highest BCUT2D eigenvalue weighted by Crippen LogP contribution is 2.20. The molecular weight excluding hydrogens is 422 g/mol. The van der Waals surface area contributed by atoms with Gasteiger partial charge in [-0.1, -0.05) is 37.5 Å². The number of carbonyl (C=O) groups excluding carboxylic acids is 1. The summed E-state index contributed by atoms with van der Waals surface area (Å²) in [6, 6.07) is 15.2. The van der Waals surface area contributed by atoms with Crippen molar-refractivity contribution in [2.45, 2.75) is 43.0 Å². The normalized spacial score (nSPS) is 14.7. The molecule has 1 amide bonds. The zero-order valence-electron chi connectivity index (χ0n) is 16.5. The Balaban J connectivity index is 1.48. The summed E-state index contributed by atoms with van der Waals surface area (Å²) >= 11 is 5.13. The smallest absolute Gasteiger partial charge is 0.264 e. The van der Waals surface area contributed by atoms with E-state index >= 15 is 0 Å². The van der Waals surface area contributed by atoms with Crippen LogP contribution in [0.1, 0.15) is 32.1 Å². The van der Waals surface area contributed by atoms with Gasteiger partial charge in [0.25, 0.3) is 5.91 Å². The molecule has 0 saturated heterocycles. The largest absolute Gasteiger partial charge is 0.484 e. The number of ether oxygens (including phenoxy) is 1. The number of hydrogen-bond donors (Lipinski definition) is 3. The maximum absolute atomic E-state index is 12.5. The summed E-state index contributed by atoms with van der Waals surface area (Å²) in [5, 5.41) is 5.49. The summed E-state index contributed by atoms with van der Waals surface area (Å²) < 4.78 is 33.2. The molecule has 0 unspecified atom stereocenters. The standard InChI is InChI=1S/C21H25N3O4S2/c25-20(15-28-18-9-5-2-6-10-18)23-21(29)22-16-11-13-19(14-12-16)30(26,27)24-17-7-3-1-4-8-17/h2,5-6,9-14,17,24H,1,3-4,7-8,15H2,(H2,22,23,25,29). The van der Waals surface area contributed by atoms with E-state index in [0.29, 0.717) is 11.4 Å². The Morgan fingerprint density at radius 3 is 2.33 bits per heavy atom. The van der Waals surface area contributed by atoms with E-state index in [0.717, 1.165) is 32.1 Å². The van der Waals surface area contributed by atoms with Crippen LogP contribution in [0.5, 0.6) is 5.75 Å². The molecule has 30 heavy (non-hydrogen) atoms. The van der Waals surface area contributed by atoms with Crippen molar-refractivity contribution in [2.24, 2.45) is 0 Å². The molecule has 3 rings (SSSR count). The Kier molecular flexibility index (Phi) is 7.78. The monoisotopic (exact) mass is 447 g/mol. The van der Waals surface area contributed by atoms with Gasteiger partial charge in [-0.3, -0.25) is 10.1 Å². The number of anilines is 1. The molecule has 9 heteroatoms. The molecule has 160 valence electrons. The number of carbonyl (C=O) groups is 1. The van der Waals surface area contributed by atoms with Crippen LogP contribution in [0.2, 0.25) is 0 Å². The van der Waals surface area contributed by atoms with E-state index < -0.39 is 15.9 Å². The van der Waals surface area contributed by atoms with Crippen LogP contribution in [0.25, 0.3) is 0 Å². The first-order valence-electron chi connectivity index (χ1n) is 9.83. The van der Waals surface area contributed by atoms with Crippen LogP contribution in [0.3, 0.4) is 0 Å². The van der Waals surface area contributed by atoms with Gasteiger partial charge in [0.2, 0.25) is 10.0 Å². The quantitative estimate of drug-likeness (QED) is 0.564. The minimum Gasteiger partial charge on any atom is -0.484 e. The summed E-state index contributed by atoms with van der Waals surface area (Å²) in [5.74, 6) is 0.192. The number of para-hydroxylation sites is 1.